The van der Waals surface area contributed by atoms with Crippen molar-refractivity contribution in [3.8, 4) is 11.5 Å². The van der Waals surface area contributed by atoms with Gasteiger partial charge in [0.2, 0.25) is 17.7 Å². The average molecular weight is 375 g/mol. The maximum atomic E-state index is 12.4. The number of aromatic nitrogens is 2. The number of nitrogens with zero attached hydrogens (tertiary/aromatic N) is 3. The first-order valence-corrected chi connectivity index (χ1v) is 9.48. The maximum absolute atomic E-state index is 12.4. The predicted molar refractivity (Wildman–Crippen MR) is 97.6 cm³/mol. The van der Waals surface area contributed by atoms with E-state index in [1.807, 2.05) is 31.2 Å². The number of hydrogen-bond acceptors (Lipinski definition) is 7. The Balaban J connectivity index is 1.55. The third kappa shape index (κ3) is 4.43. The number of ether oxygens (including phenoxy) is 1. The van der Waals surface area contributed by atoms with Gasteiger partial charge in [0, 0.05) is 37.2 Å². The Morgan fingerprint density at radius 3 is 2.81 bits per heavy atom. The zero-order valence-electron chi connectivity index (χ0n) is 14.8. The van der Waals surface area contributed by atoms with E-state index in [1.54, 1.807) is 4.90 Å². The smallest absolute Gasteiger partial charge is 0.320 e. The second-order valence-corrected chi connectivity index (χ2v) is 7.40. The summed E-state index contributed by atoms with van der Waals surface area (Å²) in [7, 11) is 1.37. The van der Waals surface area contributed by atoms with E-state index in [9.17, 15) is 9.59 Å². The van der Waals surface area contributed by atoms with Crippen LogP contribution in [-0.4, -0.2) is 58.2 Å². The molecule has 0 radical (unpaired) electrons. The molecule has 3 rings (SSSR count). The molecule has 1 aliphatic rings. The van der Waals surface area contributed by atoms with Gasteiger partial charge in [0.05, 0.1) is 7.11 Å². The van der Waals surface area contributed by atoms with Gasteiger partial charge >= 0.3 is 5.97 Å². The molecule has 1 atom stereocenters. The maximum Gasteiger partial charge on any atom is 0.320 e. The van der Waals surface area contributed by atoms with Crippen molar-refractivity contribution in [3.05, 3.63) is 35.7 Å². The summed E-state index contributed by atoms with van der Waals surface area (Å²) >= 11 is 1.52. The van der Waals surface area contributed by atoms with Gasteiger partial charge in [-0.15, -0.1) is 22.0 Å². The highest BCUT2D eigenvalue weighted by Gasteiger charge is 2.29. The molecule has 138 valence electrons. The molecule has 26 heavy (non-hydrogen) atoms. The van der Waals surface area contributed by atoms with Crippen molar-refractivity contribution < 1.29 is 18.7 Å². The molecule has 2 heterocycles. The topological polar surface area (TPSA) is 85.5 Å². The number of esters is 1. The van der Waals surface area contributed by atoms with Crippen LogP contribution in [0.5, 0.6) is 0 Å². The molecule has 0 saturated carbocycles. The van der Waals surface area contributed by atoms with Gasteiger partial charge in [0.15, 0.2) is 0 Å². The molecule has 1 aliphatic heterocycles. The minimum atomic E-state index is -0.311. The SMILES string of the molecule is COC(=O)[C@H]1CN(C(=O)CCc2nnc(-c3ccc(C)cc3)o2)CCS1. The van der Waals surface area contributed by atoms with Gasteiger partial charge in [0.1, 0.15) is 5.25 Å². The van der Waals surface area contributed by atoms with Crippen molar-refractivity contribution in [2.24, 2.45) is 0 Å². The lowest BCUT2D eigenvalue weighted by molar-refractivity contribution is -0.141. The minimum absolute atomic E-state index is 0.0192. The van der Waals surface area contributed by atoms with Crippen LogP contribution >= 0.6 is 11.8 Å². The van der Waals surface area contributed by atoms with E-state index in [4.69, 9.17) is 9.15 Å². The fourth-order valence-electron chi connectivity index (χ4n) is 2.69. The number of methoxy groups -OCH3 is 1. The molecule has 1 saturated heterocycles. The third-order valence-corrected chi connectivity index (χ3v) is 5.36. The molecule has 1 amide bonds. The highest BCUT2D eigenvalue weighted by Crippen LogP contribution is 2.21. The van der Waals surface area contributed by atoms with Gasteiger partial charge in [0.25, 0.3) is 0 Å². The van der Waals surface area contributed by atoms with E-state index in [2.05, 4.69) is 10.2 Å². The standard InChI is InChI=1S/C18H21N3O4S/c1-12-3-5-13(6-4-12)17-20-19-15(25-17)7-8-16(22)21-9-10-26-14(11-21)18(23)24-2/h3-6,14H,7-11H2,1-2H3/t14-/m1/s1. The van der Waals surface area contributed by atoms with Crippen LogP contribution in [0.4, 0.5) is 0 Å². The van der Waals surface area contributed by atoms with Crippen LogP contribution in [0.1, 0.15) is 17.9 Å². The molecule has 0 unspecified atom stereocenters. The zero-order valence-corrected chi connectivity index (χ0v) is 15.6. The van der Waals surface area contributed by atoms with Gasteiger partial charge in [-0.3, -0.25) is 9.59 Å². The first-order chi connectivity index (χ1) is 12.6. The van der Waals surface area contributed by atoms with Crippen molar-refractivity contribution in [3.63, 3.8) is 0 Å². The summed E-state index contributed by atoms with van der Waals surface area (Å²) in [5.74, 6) is 1.31. The van der Waals surface area contributed by atoms with E-state index >= 15 is 0 Å². The number of aryl methyl sites for hydroxylation is 2. The summed E-state index contributed by atoms with van der Waals surface area (Å²) in [5, 5.41) is 7.76. The van der Waals surface area contributed by atoms with Crippen molar-refractivity contribution in [2.75, 3.05) is 26.0 Å². The number of thioether (sulfide) groups is 1. The number of hydrogen-bond donors (Lipinski definition) is 0. The molecule has 1 fully saturated rings. The molecule has 1 aromatic heterocycles. The fourth-order valence-corrected chi connectivity index (χ4v) is 3.82. The van der Waals surface area contributed by atoms with Crippen molar-refractivity contribution in [2.45, 2.75) is 25.0 Å². The zero-order chi connectivity index (χ0) is 18.5. The Kier molecular flexibility index (Phi) is 5.92. The number of amides is 1. The largest absolute Gasteiger partial charge is 0.468 e. The van der Waals surface area contributed by atoms with E-state index in [1.165, 1.54) is 18.9 Å². The summed E-state index contributed by atoms with van der Waals surface area (Å²) in [6.07, 6.45) is 0.651. The van der Waals surface area contributed by atoms with Crippen molar-refractivity contribution in [1.82, 2.24) is 15.1 Å². The Morgan fingerprint density at radius 1 is 1.31 bits per heavy atom. The van der Waals surface area contributed by atoms with E-state index in [0.717, 1.165) is 16.9 Å². The van der Waals surface area contributed by atoms with Gasteiger partial charge in [-0.2, -0.15) is 0 Å². The molecule has 1 aromatic carbocycles. The van der Waals surface area contributed by atoms with Crippen LogP contribution < -0.4 is 0 Å². The Hall–Kier alpha value is -2.35. The summed E-state index contributed by atoms with van der Waals surface area (Å²) in [6.45, 7) is 3.03. The van der Waals surface area contributed by atoms with Crippen LogP contribution in [-0.2, 0) is 20.7 Å². The quantitative estimate of drug-likeness (QED) is 0.740. The average Bonchev–Trinajstić information content (AvgIpc) is 3.15. The third-order valence-electron chi connectivity index (χ3n) is 4.20. The van der Waals surface area contributed by atoms with Crippen LogP contribution in [0.25, 0.3) is 11.5 Å². The number of rotatable bonds is 5. The lowest BCUT2D eigenvalue weighted by atomic mass is 10.1. The fraction of sp³-hybridized carbons (Fsp3) is 0.444. The highest BCUT2D eigenvalue weighted by atomic mass is 32.2. The molecule has 8 heteroatoms. The second-order valence-electron chi connectivity index (χ2n) is 6.09. The van der Waals surface area contributed by atoms with Gasteiger partial charge in [-0.05, 0) is 19.1 Å². The van der Waals surface area contributed by atoms with Crippen molar-refractivity contribution >= 4 is 23.6 Å². The molecule has 0 aliphatic carbocycles. The second kappa shape index (κ2) is 8.35. The van der Waals surface area contributed by atoms with Crippen LogP contribution in [0.15, 0.2) is 28.7 Å². The van der Waals surface area contributed by atoms with Crippen molar-refractivity contribution in [1.29, 1.82) is 0 Å². The first-order valence-electron chi connectivity index (χ1n) is 8.43. The molecule has 0 spiro atoms. The van der Waals surface area contributed by atoms with Gasteiger partial charge in [-0.1, -0.05) is 17.7 Å². The molecular formula is C18H21N3O4S. The summed E-state index contributed by atoms with van der Waals surface area (Å²) in [6, 6.07) is 7.82. The summed E-state index contributed by atoms with van der Waals surface area (Å²) < 4.78 is 10.4. The monoisotopic (exact) mass is 375 g/mol. The number of carbonyl (C=O) groups is 2. The van der Waals surface area contributed by atoms with Crippen LogP contribution in [0.2, 0.25) is 0 Å². The van der Waals surface area contributed by atoms with Crippen LogP contribution in [0.3, 0.4) is 0 Å². The van der Waals surface area contributed by atoms with Gasteiger partial charge in [-0.25, -0.2) is 0 Å². The molecule has 7 nitrogen and oxygen atoms in total. The predicted octanol–water partition coefficient (Wildman–Crippen LogP) is 2.09. The molecular weight excluding hydrogens is 354 g/mol. The highest BCUT2D eigenvalue weighted by molar-refractivity contribution is 8.00. The molecule has 0 bridgehead atoms. The van der Waals surface area contributed by atoms with E-state index < -0.39 is 0 Å². The minimum Gasteiger partial charge on any atom is -0.468 e. The van der Waals surface area contributed by atoms with E-state index in [-0.39, 0.29) is 23.5 Å². The number of benzene rings is 1. The lowest BCUT2D eigenvalue weighted by Gasteiger charge is -2.30. The lowest BCUT2D eigenvalue weighted by Crippen LogP contribution is -2.45. The van der Waals surface area contributed by atoms with Gasteiger partial charge < -0.3 is 14.1 Å². The number of carbonyl (C=O) groups excluding carboxylic acids is 2. The van der Waals surface area contributed by atoms with E-state index in [0.29, 0.717) is 31.3 Å². The van der Waals surface area contributed by atoms with Crippen LogP contribution in [0, 0.1) is 6.92 Å². The Morgan fingerprint density at radius 2 is 2.08 bits per heavy atom. The molecule has 0 N–H and O–H groups in total. The summed E-state index contributed by atoms with van der Waals surface area (Å²) in [4.78, 5) is 25.8. The normalized spacial score (nSPS) is 17.2. The summed E-state index contributed by atoms with van der Waals surface area (Å²) in [5.41, 5.74) is 2.01. The first kappa shape index (κ1) is 18.4. The molecule has 2 aromatic rings. The Labute approximate surface area is 156 Å². The Bertz CT molecular complexity index is 775.